The number of para-hydroxylation sites is 1. The van der Waals surface area contributed by atoms with Crippen LogP contribution in [0.3, 0.4) is 0 Å². The summed E-state index contributed by atoms with van der Waals surface area (Å²) in [6.45, 7) is 4.79. The van der Waals surface area contributed by atoms with Crippen LogP contribution in [0.5, 0.6) is 0 Å². The lowest BCUT2D eigenvalue weighted by Crippen LogP contribution is -2.02. The van der Waals surface area contributed by atoms with Gasteiger partial charge in [0.15, 0.2) is 0 Å². The van der Waals surface area contributed by atoms with Crippen LogP contribution in [-0.2, 0) is 6.42 Å². The van der Waals surface area contributed by atoms with Crippen LogP contribution >= 0.6 is 0 Å². The second-order valence-corrected chi connectivity index (χ2v) is 4.01. The smallest absolute Gasteiger partial charge is 0.0674 e. The molecule has 1 aromatic carbocycles. The first kappa shape index (κ1) is 10.9. The Balaban J connectivity index is 2.42. The van der Waals surface area contributed by atoms with Gasteiger partial charge in [-0.1, -0.05) is 18.2 Å². The van der Waals surface area contributed by atoms with Gasteiger partial charge in [0, 0.05) is 6.20 Å². The Labute approximate surface area is 95.9 Å². The number of hydrogen-bond acceptors (Lipinski definition) is 2. The molecule has 0 amide bonds. The number of rotatable bonds is 3. The van der Waals surface area contributed by atoms with Crippen LogP contribution in [0.2, 0.25) is 0 Å². The van der Waals surface area contributed by atoms with Gasteiger partial charge in [0.2, 0.25) is 0 Å². The number of aryl methyl sites for hydroxylation is 2. The highest BCUT2D eigenvalue weighted by molar-refractivity contribution is 5.40. The van der Waals surface area contributed by atoms with E-state index in [2.05, 4.69) is 30.4 Å². The predicted molar refractivity (Wildman–Crippen MR) is 65.8 cm³/mol. The van der Waals surface area contributed by atoms with Crippen molar-refractivity contribution in [3.8, 4) is 5.69 Å². The third kappa shape index (κ3) is 1.99. The zero-order valence-corrected chi connectivity index (χ0v) is 9.77. The van der Waals surface area contributed by atoms with Gasteiger partial charge >= 0.3 is 0 Å². The van der Waals surface area contributed by atoms with E-state index in [1.165, 1.54) is 11.1 Å². The molecule has 84 valence electrons. The lowest BCUT2D eigenvalue weighted by molar-refractivity contribution is 0.856. The maximum absolute atomic E-state index is 5.57. The van der Waals surface area contributed by atoms with Crippen molar-refractivity contribution in [1.82, 2.24) is 9.78 Å². The van der Waals surface area contributed by atoms with E-state index in [4.69, 9.17) is 5.73 Å². The molecular formula is C13H17N3. The van der Waals surface area contributed by atoms with Crippen LogP contribution < -0.4 is 5.73 Å². The Hall–Kier alpha value is -1.61. The van der Waals surface area contributed by atoms with Crippen LogP contribution in [0.25, 0.3) is 5.69 Å². The first-order valence-electron chi connectivity index (χ1n) is 5.53. The van der Waals surface area contributed by atoms with Gasteiger partial charge in [-0.15, -0.1) is 0 Å². The molecule has 3 heteroatoms. The van der Waals surface area contributed by atoms with E-state index in [0.717, 1.165) is 17.8 Å². The van der Waals surface area contributed by atoms with E-state index in [1.54, 1.807) is 0 Å². The summed E-state index contributed by atoms with van der Waals surface area (Å²) in [7, 11) is 0. The molecule has 2 N–H and O–H groups in total. The normalized spacial score (nSPS) is 10.7. The molecule has 2 aromatic rings. The Morgan fingerprint density at radius 2 is 2.00 bits per heavy atom. The lowest BCUT2D eigenvalue weighted by atomic mass is 10.2. The molecule has 2 rings (SSSR count). The largest absolute Gasteiger partial charge is 0.330 e. The zero-order chi connectivity index (χ0) is 11.5. The average molecular weight is 215 g/mol. The molecule has 0 saturated heterocycles. The van der Waals surface area contributed by atoms with Crippen LogP contribution in [-0.4, -0.2) is 16.3 Å². The maximum atomic E-state index is 5.57. The van der Waals surface area contributed by atoms with Gasteiger partial charge in [-0.05, 0) is 44.0 Å². The minimum absolute atomic E-state index is 0.667. The van der Waals surface area contributed by atoms with E-state index < -0.39 is 0 Å². The summed E-state index contributed by atoms with van der Waals surface area (Å²) in [5.41, 5.74) is 10.2. The second kappa shape index (κ2) is 4.49. The molecule has 16 heavy (non-hydrogen) atoms. The summed E-state index contributed by atoms with van der Waals surface area (Å²) < 4.78 is 1.94. The van der Waals surface area contributed by atoms with Crippen LogP contribution in [0.15, 0.2) is 30.5 Å². The van der Waals surface area contributed by atoms with E-state index >= 15 is 0 Å². The summed E-state index contributed by atoms with van der Waals surface area (Å²) in [6.07, 6.45) is 2.96. The fraction of sp³-hybridized carbons (Fsp3) is 0.308. The maximum Gasteiger partial charge on any atom is 0.0674 e. The monoisotopic (exact) mass is 215 g/mol. The molecule has 0 bridgehead atoms. The van der Waals surface area contributed by atoms with Crippen molar-refractivity contribution in [3.05, 3.63) is 47.3 Å². The quantitative estimate of drug-likeness (QED) is 0.851. The van der Waals surface area contributed by atoms with Crippen LogP contribution in [0.1, 0.15) is 16.8 Å². The number of hydrogen-bond donors (Lipinski definition) is 1. The standard InChI is InChI=1S/C13H17N3/c1-10-5-3-4-6-13(10)16-9-12(7-8-14)11(2)15-16/h3-6,9H,7-8,14H2,1-2H3. The number of nitrogens with two attached hydrogens (primary N) is 1. The highest BCUT2D eigenvalue weighted by Gasteiger charge is 2.06. The molecule has 0 aliphatic carbocycles. The highest BCUT2D eigenvalue weighted by Crippen LogP contribution is 2.15. The van der Waals surface area contributed by atoms with Crippen molar-refractivity contribution in [2.24, 2.45) is 5.73 Å². The van der Waals surface area contributed by atoms with Crippen molar-refractivity contribution in [2.45, 2.75) is 20.3 Å². The van der Waals surface area contributed by atoms with Crippen molar-refractivity contribution in [1.29, 1.82) is 0 Å². The van der Waals surface area contributed by atoms with E-state index in [0.29, 0.717) is 6.54 Å². The Kier molecular flexibility index (Phi) is 3.06. The average Bonchev–Trinajstić information content (AvgIpc) is 2.61. The van der Waals surface area contributed by atoms with Crippen molar-refractivity contribution in [3.63, 3.8) is 0 Å². The summed E-state index contributed by atoms with van der Waals surface area (Å²) >= 11 is 0. The van der Waals surface area contributed by atoms with Gasteiger partial charge < -0.3 is 5.73 Å². The second-order valence-electron chi connectivity index (χ2n) is 4.01. The predicted octanol–water partition coefficient (Wildman–Crippen LogP) is 1.99. The van der Waals surface area contributed by atoms with Gasteiger partial charge in [0.05, 0.1) is 11.4 Å². The van der Waals surface area contributed by atoms with Crippen molar-refractivity contribution >= 4 is 0 Å². The Bertz CT molecular complexity index is 486. The van der Waals surface area contributed by atoms with Gasteiger partial charge in [0.25, 0.3) is 0 Å². The third-order valence-electron chi connectivity index (χ3n) is 2.78. The molecule has 0 aliphatic heterocycles. The zero-order valence-electron chi connectivity index (χ0n) is 9.77. The first-order chi connectivity index (χ1) is 7.72. The number of aromatic nitrogens is 2. The van der Waals surface area contributed by atoms with Crippen LogP contribution in [0, 0.1) is 13.8 Å². The van der Waals surface area contributed by atoms with Crippen molar-refractivity contribution < 1.29 is 0 Å². The molecule has 0 aliphatic rings. The fourth-order valence-corrected chi connectivity index (χ4v) is 1.84. The molecular weight excluding hydrogens is 198 g/mol. The van der Waals surface area contributed by atoms with Gasteiger partial charge in [0.1, 0.15) is 0 Å². The molecule has 0 radical (unpaired) electrons. The first-order valence-corrected chi connectivity index (χ1v) is 5.53. The summed E-state index contributed by atoms with van der Waals surface area (Å²) in [5.74, 6) is 0. The lowest BCUT2D eigenvalue weighted by Gasteiger charge is -2.04. The summed E-state index contributed by atoms with van der Waals surface area (Å²) in [5, 5.41) is 4.52. The molecule has 3 nitrogen and oxygen atoms in total. The summed E-state index contributed by atoms with van der Waals surface area (Å²) in [6, 6.07) is 8.24. The van der Waals surface area contributed by atoms with Crippen molar-refractivity contribution in [2.75, 3.05) is 6.54 Å². The number of nitrogens with zero attached hydrogens (tertiary/aromatic N) is 2. The number of benzene rings is 1. The molecule has 1 heterocycles. The Morgan fingerprint density at radius 3 is 2.69 bits per heavy atom. The molecule has 0 atom stereocenters. The molecule has 0 fully saturated rings. The van der Waals surface area contributed by atoms with E-state index in [-0.39, 0.29) is 0 Å². The van der Waals surface area contributed by atoms with Crippen LogP contribution in [0.4, 0.5) is 0 Å². The van der Waals surface area contributed by atoms with Gasteiger partial charge in [-0.25, -0.2) is 4.68 Å². The fourth-order valence-electron chi connectivity index (χ4n) is 1.84. The van der Waals surface area contributed by atoms with Gasteiger partial charge in [-0.2, -0.15) is 5.10 Å². The van der Waals surface area contributed by atoms with E-state index in [9.17, 15) is 0 Å². The summed E-state index contributed by atoms with van der Waals surface area (Å²) in [4.78, 5) is 0. The van der Waals surface area contributed by atoms with E-state index in [1.807, 2.05) is 23.7 Å². The van der Waals surface area contributed by atoms with Gasteiger partial charge in [-0.3, -0.25) is 0 Å². The SMILES string of the molecule is Cc1ccccc1-n1cc(CCN)c(C)n1. The minimum Gasteiger partial charge on any atom is -0.330 e. The molecule has 1 aromatic heterocycles. The minimum atomic E-state index is 0.667. The Morgan fingerprint density at radius 1 is 1.25 bits per heavy atom. The topological polar surface area (TPSA) is 43.8 Å². The molecule has 0 saturated carbocycles. The highest BCUT2D eigenvalue weighted by atomic mass is 15.3. The molecule has 0 spiro atoms. The molecule has 0 unspecified atom stereocenters. The third-order valence-corrected chi connectivity index (χ3v) is 2.78.